The molecule has 0 aliphatic carbocycles. The first kappa shape index (κ1) is 12.7. The van der Waals surface area contributed by atoms with E-state index in [2.05, 4.69) is 18.2 Å². The molecule has 2 aromatic carbocycles. The van der Waals surface area contributed by atoms with Crippen LogP contribution in [0, 0.1) is 13.8 Å². The minimum atomic E-state index is -0.887. The maximum Gasteiger partial charge on any atom is 0.336 e. The molecule has 1 N–H and O–H groups in total. The zero-order valence-electron chi connectivity index (χ0n) is 10.3. The van der Waals surface area contributed by atoms with Crippen molar-refractivity contribution >= 4 is 17.7 Å². The van der Waals surface area contributed by atoms with Crippen LogP contribution in [0.1, 0.15) is 21.5 Å². The highest BCUT2D eigenvalue weighted by molar-refractivity contribution is 7.99. The Labute approximate surface area is 111 Å². The van der Waals surface area contributed by atoms with E-state index < -0.39 is 5.97 Å². The molecule has 18 heavy (non-hydrogen) atoms. The molecule has 0 amide bonds. The number of rotatable bonds is 3. The lowest BCUT2D eigenvalue weighted by Gasteiger charge is -2.07. The Balaban J connectivity index is 2.37. The van der Waals surface area contributed by atoms with Crippen molar-refractivity contribution in [1.82, 2.24) is 0 Å². The zero-order valence-corrected chi connectivity index (χ0v) is 11.1. The second kappa shape index (κ2) is 5.27. The van der Waals surface area contributed by atoms with Crippen molar-refractivity contribution in [2.45, 2.75) is 23.6 Å². The van der Waals surface area contributed by atoms with Gasteiger partial charge in [0, 0.05) is 9.79 Å². The Morgan fingerprint density at radius 1 is 1.06 bits per heavy atom. The van der Waals surface area contributed by atoms with E-state index in [1.807, 2.05) is 26.0 Å². The summed E-state index contributed by atoms with van der Waals surface area (Å²) in [4.78, 5) is 13.0. The third-order valence-electron chi connectivity index (χ3n) is 2.54. The first-order chi connectivity index (χ1) is 8.56. The number of hydrogen-bond acceptors (Lipinski definition) is 2. The summed E-state index contributed by atoms with van der Waals surface area (Å²) in [6.45, 7) is 4.08. The van der Waals surface area contributed by atoms with Crippen LogP contribution >= 0.6 is 11.8 Å². The number of carboxylic acid groups (broad SMARTS) is 1. The third-order valence-corrected chi connectivity index (χ3v) is 3.59. The molecule has 0 heterocycles. The predicted molar refractivity (Wildman–Crippen MR) is 73.4 cm³/mol. The fourth-order valence-corrected chi connectivity index (χ4v) is 3.01. The van der Waals surface area contributed by atoms with Crippen molar-refractivity contribution in [2.24, 2.45) is 0 Å². The first-order valence-electron chi connectivity index (χ1n) is 5.65. The lowest BCUT2D eigenvalue weighted by molar-refractivity contribution is 0.0693. The van der Waals surface area contributed by atoms with E-state index in [0.717, 1.165) is 9.79 Å². The van der Waals surface area contributed by atoms with Crippen LogP contribution in [0.25, 0.3) is 0 Å². The molecule has 2 rings (SSSR count). The Morgan fingerprint density at radius 3 is 2.28 bits per heavy atom. The SMILES string of the molecule is Cc1cc(C)cc(Sc2ccccc2C(=O)O)c1. The van der Waals surface area contributed by atoms with E-state index in [-0.39, 0.29) is 0 Å². The predicted octanol–water partition coefficient (Wildman–Crippen LogP) is 4.15. The summed E-state index contributed by atoms with van der Waals surface area (Å²) in [6.07, 6.45) is 0. The smallest absolute Gasteiger partial charge is 0.336 e. The Kier molecular flexibility index (Phi) is 3.72. The van der Waals surface area contributed by atoms with Gasteiger partial charge in [-0.25, -0.2) is 4.79 Å². The van der Waals surface area contributed by atoms with Crippen LogP contribution in [0.4, 0.5) is 0 Å². The van der Waals surface area contributed by atoms with Gasteiger partial charge in [-0.3, -0.25) is 0 Å². The molecule has 0 bridgehead atoms. The molecule has 0 saturated carbocycles. The lowest BCUT2D eigenvalue weighted by Crippen LogP contribution is -1.98. The number of benzene rings is 2. The van der Waals surface area contributed by atoms with Crippen molar-refractivity contribution in [1.29, 1.82) is 0 Å². The van der Waals surface area contributed by atoms with Gasteiger partial charge in [0.15, 0.2) is 0 Å². The maximum absolute atomic E-state index is 11.1. The number of carbonyl (C=O) groups is 1. The number of aromatic carboxylic acids is 1. The topological polar surface area (TPSA) is 37.3 Å². The van der Waals surface area contributed by atoms with Crippen LogP contribution in [0.2, 0.25) is 0 Å². The highest BCUT2D eigenvalue weighted by Gasteiger charge is 2.10. The summed E-state index contributed by atoms with van der Waals surface area (Å²) in [7, 11) is 0. The molecule has 0 radical (unpaired) electrons. The van der Waals surface area contributed by atoms with Gasteiger partial charge in [0.25, 0.3) is 0 Å². The van der Waals surface area contributed by atoms with E-state index in [4.69, 9.17) is 5.11 Å². The second-order valence-corrected chi connectivity index (χ2v) is 5.34. The van der Waals surface area contributed by atoms with Crippen molar-refractivity contribution in [3.05, 3.63) is 59.2 Å². The molecule has 0 spiro atoms. The fraction of sp³-hybridized carbons (Fsp3) is 0.133. The monoisotopic (exact) mass is 258 g/mol. The zero-order chi connectivity index (χ0) is 13.1. The largest absolute Gasteiger partial charge is 0.478 e. The van der Waals surface area contributed by atoms with E-state index >= 15 is 0 Å². The van der Waals surface area contributed by atoms with Crippen LogP contribution in [0.3, 0.4) is 0 Å². The van der Waals surface area contributed by atoms with Crippen LogP contribution in [-0.2, 0) is 0 Å². The minimum Gasteiger partial charge on any atom is -0.478 e. The van der Waals surface area contributed by atoms with Gasteiger partial charge in [0.1, 0.15) is 0 Å². The van der Waals surface area contributed by atoms with E-state index in [1.165, 1.54) is 22.9 Å². The Bertz CT molecular complexity index is 571. The molecule has 0 atom stereocenters. The van der Waals surface area contributed by atoms with Gasteiger partial charge in [-0.15, -0.1) is 0 Å². The van der Waals surface area contributed by atoms with Gasteiger partial charge in [0.05, 0.1) is 5.56 Å². The van der Waals surface area contributed by atoms with Gasteiger partial charge in [0.2, 0.25) is 0 Å². The summed E-state index contributed by atoms with van der Waals surface area (Å²) >= 11 is 1.49. The summed E-state index contributed by atoms with van der Waals surface area (Å²) in [5, 5.41) is 9.14. The van der Waals surface area contributed by atoms with Crippen molar-refractivity contribution in [3.63, 3.8) is 0 Å². The highest BCUT2D eigenvalue weighted by Crippen LogP contribution is 2.31. The molecule has 3 heteroatoms. The average Bonchev–Trinajstić information content (AvgIpc) is 2.27. The Hall–Kier alpha value is -1.74. The molecular formula is C15H14O2S. The first-order valence-corrected chi connectivity index (χ1v) is 6.46. The number of carboxylic acids is 1. The van der Waals surface area contributed by atoms with Gasteiger partial charge in [-0.2, -0.15) is 0 Å². The summed E-state index contributed by atoms with van der Waals surface area (Å²) in [5.41, 5.74) is 2.72. The van der Waals surface area contributed by atoms with Gasteiger partial charge >= 0.3 is 5.97 Å². The highest BCUT2D eigenvalue weighted by atomic mass is 32.2. The van der Waals surface area contributed by atoms with Crippen LogP contribution in [-0.4, -0.2) is 11.1 Å². The molecule has 0 aromatic heterocycles. The molecule has 2 nitrogen and oxygen atoms in total. The van der Waals surface area contributed by atoms with Gasteiger partial charge in [-0.1, -0.05) is 30.0 Å². The summed E-state index contributed by atoms with van der Waals surface area (Å²) in [6, 6.07) is 13.3. The van der Waals surface area contributed by atoms with Gasteiger partial charge < -0.3 is 5.11 Å². The molecule has 2 aromatic rings. The third kappa shape index (κ3) is 2.93. The van der Waals surface area contributed by atoms with E-state index in [9.17, 15) is 4.79 Å². The quantitative estimate of drug-likeness (QED) is 0.898. The maximum atomic E-state index is 11.1. The summed E-state index contributed by atoms with van der Waals surface area (Å²) < 4.78 is 0. The minimum absolute atomic E-state index is 0.349. The van der Waals surface area contributed by atoms with E-state index in [0.29, 0.717) is 5.56 Å². The van der Waals surface area contributed by atoms with Crippen LogP contribution in [0.5, 0.6) is 0 Å². The van der Waals surface area contributed by atoms with Crippen LogP contribution < -0.4 is 0 Å². The van der Waals surface area contributed by atoms with Gasteiger partial charge in [-0.05, 0) is 49.2 Å². The van der Waals surface area contributed by atoms with Crippen LogP contribution in [0.15, 0.2) is 52.3 Å². The second-order valence-electron chi connectivity index (χ2n) is 4.23. The lowest BCUT2D eigenvalue weighted by atomic mass is 10.2. The standard InChI is InChI=1S/C15H14O2S/c1-10-7-11(2)9-12(8-10)18-14-6-4-3-5-13(14)15(16)17/h3-9H,1-2H3,(H,16,17). The number of hydrogen-bond donors (Lipinski definition) is 1. The molecule has 0 unspecified atom stereocenters. The molecule has 0 fully saturated rings. The normalized spacial score (nSPS) is 10.3. The fourth-order valence-electron chi connectivity index (χ4n) is 1.85. The van der Waals surface area contributed by atoms with Crippen molar-refractivity contribution in [2.75, 3.05) is 0 Å². The van der Waals surface area contributed by atoms with Crippen molar-refractivity contribution in [3.8, 4) is 0 Å². The molecule has 0 aliphatic heterocycles. The molecule has 92 valence electrons. The molecule has 0 aliphatic rings. The van der Waals surface area contributed by atoms with E-state index in [1.54, 1.807) is 12.1 Å². The Morgan fingerprint density at radius 2 is 1.67 bits per heavy atom. The average molecular weight is 258 g/mol. The molecular weight excluding hydrogens is 244 g/mol. The molecule has 0 saturated heterocycles. The van der Waals surface area contributed by atoms with Crippen molar-refractivity contribution < 1.29 is 9.90 Å². The number of aryl methyl sites for hydroxylation is 2. The summed E-state index contributed by atoms with van der Waals surface area (Å²) in [5.74, 6) is -0.887.